The van der Waals surface area contributed by atoms with Gasteiger partial charge < -0.3 is 5.32 Å². The van der Waals surface area contributed by atoms with Gasteiger partial charge in [0.2, 0.25) is 0 Å². The van der Waals surface area contributed by atoms with E-state index in [2.05, 4.69) is 35.6 Å². The third kappa shape index (κ3) is 6.18. The van der Waals surface area contributed by atoms with Gasteiger partial charge >= 0.3 is 0 Å². The number of sulfonamides is 1. The molecule has 5 nitrogen and oxygen atoms in total. The molecule has 5 aromatic rings. The van der Waals surface area contributed by atoms with Crippen LogP contribution < -0.4 is 9.62 Å². The largest absolute Gasteiger partial charge is 0.345 e. The number of anilines is 1. The Morgan fingerprint density at radius 2 is 1.49 bits per heavy atom. The van der Waals surface area contributed by atoms with E-state index in [9.17, 15) is 13.2 Å². The second kappa shape index (κ2) is 12.3. The van der Waals surface area contributed by atoms with E-state index in [0.717, 1.165) is 35.1 Å². The minimum absolute atomic E-state index is 0.0360. The molecule has 5 aromatic carbocycles. The smallest absolute Gasteiger partial charge is 0.264 e. The molecule has 1 aliphatic rings. The van der Waals surface area contributed by atoms with Gasteiger partial charge in [0.1, 0.15) is 0 Å². The summed E-state index contributed by atoms with van der Waals surface area (Å²) >= 11 is 12.6. The van der Waals surface area contributed by atoms with Crippen LogP contribution in [0, 0.1) is 0 Å². The summed E-state index contributed by atoms with van der Waals surface area (Å²) in [4.78, 5) is 13.6. The van der Waals surface area contributed by atoms with E-state index in [1.807, 2.05) is 48.5 Å². The van der Waals surface area contributed by atoms with Crippen LogP contribution in [0.4, 0.5) is 5.69 Å². The number of nitrogens with zero attached hydrogens (tertiary/aromatic N) is 1. The summed E-state index contributed by atoms with van der Waals surface area (Å²) in [6.07, 6.45) is 1.59. The van der Waals surface area contributed by atoms with Gasteiger partial charge in [-0.15, -0.1) is 0 Å². The lowest BCUT2D eigenvalue weighted by molar-refractivity contribution is 0.0936. The van der Waals surface area contributed by atoms with E-state index in [0.29, 0.717) is 10.7 Å². The Labute approximate surface area is 261 Å². The molecule has 1 N–H and O–H groups in total. The Balaban J connectivity index is 1.30. The monoisotopic (exact) mass is 626 g/mol. The number of halogens is 2. The van der Waals surface area contributed by atoms with Crippen LogP contribution in [-0.2, 0) is 23.0 Å². The molecule has 1 unspecified atom stereocenters. The molecule has 8 heteroatoms. The summed E-state index contributed by atoms with van der Waals surface area (Å²) in [7, 11) is -4.10. The summed E-state index contributed by atoms with van der Waals surface area (Å²) in [5.74, 6) is -0.425. The molecule has 1 aliphatic carbocycles. The van der Waals surface area contributed by atoms with Crippen LogP contribution in [0.25, 0.3) is 11.1 Å². The number of carbonyl (C=O) groups is 1. The Bertz CT molecular complexity index is 1880. The van der Waals surface area contributed by atoms with Crippen molar-refractivity contribution in [3.63, 3.8) is 0 Å². The number of hydrogen-bond donors (Lipinski definition) is 1. The molecule has 0 radical (unpaired) electrons. The number of aryl methyl sites for hydroxylation is 1. The Morgan fingerprint density at radius 3 is 2.21 bits per heavy atom. The van der Waals surface area contributed by atoms with Crippen molar-refractivity contribution in [2.24, 2.45) is 0 Å². The number of nitrogens with one attached hydrogen (secondary N) is 1. The van der Waals surface area contributed by atoms with Gasteiger partial charge in [0.25, 0.3) is 15.9 Å². The normalized spacial score (nSPS) is 14.2. The second-order valence-electron chi connectivity index (χ2n) is 10.5. The molecule has 0 fully saturated rings. The molecule has 0 spiro atoms. The predicted octanol–water partition coefficient (Wildman–Crippen LogP) is 8.47. The highest BCUT2D eigenvalue weighted by molar-refractivity contribution is 7.92. The quantitative estimate of drug-likeness (QED) is 0.188. The van der Waals surface area contributed by atoms with Crippen LogP contribution in [0.2, 0.25) is 10.0 Å². The average Bonchev–Trinajstić information content (AvgIpc) is 3.43. The molecule has 0 bridgehead atoms. The molecule has 216 valence electrons. The summed E-state index contributed by atoms with van der Waals surface area (Å²) in [6.45, 7) is 0.0948. The second-order valence-corrected chi connectivity index (χ2v) is 13.2. The fourth-order valence-corrected chi connectivity index (χ4v) is 7.25. The first kappa shape index (κ1) is 29.0. The molecule has 0 saturated carbocycles. The highest BCUT2D eigenvalue weighted by Crippen LogP contribution is 2.35. The summed E-state index contributed by atoms with van der Waals surface area (Å²) in [5, 5.41) is 3.78. The molecule has 6 rings (SSSR count). The van der Waals surface area contributed by atoms with Gasteiger partial charge in [0.05, 0.1) is 33.8 Å². The van der Waals surface area contributed by atoms with Gasteiger partial charge in [0.15, 0.2) is 0 Å². The van der Waals surface area contributed by atoms with Crippen molar-refractivity contribution in [1.29, 1.82) is 0 Å². The van der Waals surface area contributed by atoms with Crippen molar-refractivity contribution < 1.29 is 13.2 Å². The number of fused-ring (bicyclic) bond motifs is 1. The molecule has 0 aliphatic heterocycles. The third-order valence-electron chi connectivity index (χ3n) is 7.69. The zero-order valence-electron chi connectivity index (χ0n) is 23.1. The van der Waals surface area contributed by atoms with Crippen molar-refractivity contribution in [3.05, 3.63) is 154 Å². The van der Waals surface area contributed by atoms with Crippen LogP contribution in [0.15, 0.2) is 126 Å². The maximum atomic E-state index is 14.1. The van der Waals surface area contributed by atoms with E-state index < -0.39 is 15.9 Å². The highest BCUT2D eigenvalue weighted by Gasteiger charge is 2.29. The van der Waals surface area contributed by atoms with Crippen molar-refractivity contribution in [2.45, 2.75) is 30.3 Å². The summed E-state index contributed by atoms with van der Waals surface area (Å²) in [6, 6.07) is 36.4. The zero-order valence-corrected chi connectivity index (χ0v) is 25.4. The van der Waals surface area contributed by atoms with Crippen molar-refractivity contribution in [2.75, 3.05) is 4.31 Å². The predicted molar refractivity (Wildman–Crippen MR) is 173 cm³/mol. The number of carbonyl (C=O) groups excluding carboxylic acids is 1. The number of hydrogen-bond acceptors (Lipinski definition) is 3. The molecular formula is C35H28Cl2N2O3S. The molecule has 43 heavy (non-hydrogen) atoms. The van der Waals surface area contributed by atoms with Crippen LogP contribution in [0.1, 0.15) is 39.5 Å². The van der Waals surface area contributed by atoms with E-state index in [1.54, 1.807) is 24.3 Å². The number of amides is 1. The van der Waals surface area contributed by atoms with E-state index in [1.165, 1.54) is 28.1 Å². The lowest BCUT2D eigenvalue weighted by Crippen LogP contribution is -2.31. The Hall–Kier alpha value is -4.10. The van der Waals surface area contributed by atoms with Gasteiger partial charge in [-0.3, -0.25) is 9.10 Å². The van der Waals surface area contributed by atoms with E-state index in [-0.39, 0.29) is 28.1 Å². The first-order valence-electron chi connectivity index (χ1n) is 13.9. The first-order valence-corrected chi connectivity index (χ1v) is 16.1. The lowest BCUT2D eigenvalue weighted by Gasteiger charge is -2.25. The fraction of sp³-hybridized carbons (Fsp3) is 0.114. The van der Waals surface area contributed by atoms with Gasteiger partial charge in [-0.05, 0) is 89.2 Å². The van der Waals surface area contributed by atoms with E-state index >= 15 is 0 Å². The zero-order chi connectivity index (χ0) is 30.0. The topological polar surface area (TPSA) is 66.5 Å². The molecule has 1 amide bonds. The highest BCUT2D eigenvalue weighted by atomic mass is 35.5. The van der Waals surface area contributed by atoms with Gasteiger partial charge in [-0.1, -0.05) is 96.0 Å². The number of rotatable bonds is 8. The Morgan fingerprint density at radius 1 is 0.791 bits per heavy atom. The molecule has 1 atom stereocenters. The van der Waals surface area contributed by atoms with E-state index in [4.69, 9.17) is 23.2 Å². The molecule has 0 aromatic heterocycles. The first-order chi connectivity index (χ1) is 20.8. The fourth-order valence-electron chi connectivity index (χ4n) is 5.44. The number of benzene rings is 5. The SMILES string of the molecule is O=C(NC1CCc2ccc(-c3ccccc3)cc21)c1cc(S(=O)(=O)N(Cc2ccccc2)c2ccc(Cl)cc2)ccc1Cl. The molecular weight excluding hydrogens is 599 g/mol. The standard InChI is InChI=1S/C35H28Cl2N2O3S/c36-28-14-16-29(17-15-28)39(23-24-7-3-1-4-8-24)43(41,42)30-18-19-33(37)32(22-30)35(40)38-34-20-13-26-11-12-27(21-31(26)34)25-9-5-2-6-10-25/h1-12,14-19,21-22,34H,13,20,23H2,(H,38,40). The maximum Gasteiger partial charge on any atom is 0.264 e. The minimum Gasteiger partial charge on any atom is -0.345 e. The molecule has 0 heterocycles. The van der Waals surface area contributed by atoms with Gasteiger partial charge in [-0.2, -0.15) is 0 Å². The lowest BCUT2D eigenvalue weighted by atomic mass is 9.99. The van der Waals surface area contributed by atoms with Crippen LogP contribution in [0.3, 0.4) is 0 Å². The third-order valence-corrected chi connectivity index (χ3v) is 10.0. The molecule has 0 saturated heterocycles. The maximum absolute atomic E-state index is 14.1. The summed E-state index contributed by atoms with van der Waals surface area (Å²) in [5.41, 5.74) is 5.79. The van der Waals surface area contributed by atoms with Crippen LogP contribution >= 0.6 is 23.2 Å². The van der Waals surface area contributed by atoms with Crippen molar-refractivity contribution in [1.82, 2.24) is 5.32 Å². The van der Waals surface area contributed by atoms with Gasteiger partial charge in [0, 0.05) is 5.02 Å². The summed E-state index contributed by atoms with van der Waals surface area (Å²) < 4.78 is 29.5. The average molecular weight is 628 g/mol. The minimum atomic E-state index is -4.10. The van der Waals surface area contributed by atoms with Crippen molar-refractivity contribution >= 4 is 44.8 Å². The Kier molecular flexibility index (Phi) is 8.26. The van der Waals surface area contributed by atoms with Crippen LogP contribution in [-0.4, -0.2) is 14.3 Å². The van der Waals surface area contributed by atoms with Gasteiger partial charge in [-0.25, -0.2) is 8.42 Å². The van der Waals surface area contributed by atoms with Crippen LogP contribution in [0.5, 0.6) is 0 Å². The van der Waals surface area contributed by atoms with Crippen molar-refractivity contribution in [3.8, 4) is 11.1 Å².